The number of hydrogen-bond donors (Lipinski definition) is 1. The van der Waals surface area contributed by atoms with Gasteiger partial charge in [0, 0.05) is 17.1 Å². The quantitative estimate of drug-likeness (QED) is 0.859. The molecule has 0 aliphatic carbocycles. The molecule has 2 nitrogen and oxygen atoms in total. The van der Waals surface area contributed by atoms with Crippen LogP contribution in [0.3, 0.4) is 0 Å². The molecule has 0 atom stereocenters. The summed E-state index contributed by atoms with van der Waals surface area (Å²) in [5.74, 6) is 1.69. The minimum Gasteiger partial charge on any atom is -0.457 e. The van der Waals surface area contributed by atoms with Crippen LogP contribution in [0.1, 0.15) is 19.4 Å². The molecule has 0 aromatic heterocycles. The molecule has 2 aromatic carbocycles. The van der Waals surface area contributed by atoms with Crippen molar-refractivity contribution in [2.75, 3.05) is 0 Å². The van der Waals surface area contributed by atoms with E-state index in [2.05, 4.69) is 47.2 Å². The summed E-state index contributed by atoms with van der Waals surface area (Å²) in [7, 11) is 0. The van der Waals surface area contributed by atoms with Crippen molar-refractivity contribution < 1.29 is 4.74 Å². The van der Waals surface area contributed by atoms with E-state index in [1.54, 1.807) is 0 Å². The van der Waals surface area contributed by atoms with E-state index >= 15 is 0 Å². The predicted molar refractivity (Wildman–Crippen MR) is 82.6 cm³/mol. The molecule has 1 N–H and O–H groups in total. The zero-order chi connectivity index (χ0) is 13.7. The molecule has 0 unspecified atom stereocenters. The van der Waals surface area contributed by atoms with E-state index < -0.39 is 0 Å². The fourth-order valence-corrected chi connectivity index (χ4v) is 2.04. The highest BCUT2D eigenvalue weighted by atomic mass is 79.9. The summed E-state index contributed by atoms with van der Waals surface area (Å²) in [5.41, 5.74) is 1.26. The number of benzene rings is 2. The maximum Gasteiger partial charge on any atom is 0.128 e. The van der Waals surface area contributed by atoms with Gasteiger partial charge >= 0.3 is 0 Å². The monoisotopic (exact) mass is 319 g/mol. The maximum absolute atomic E-state index is 5.79. The van der Waals surface area contributed by atoms with Gasteiger partial charge < -0.3 is 10.1 Å². The number of halogens is 1. The van der Waals surface area contributed by atoms with Gasteiger partial charge in [-0.15, -0.1) is 0 Å². The van der Waals surface area contributed by atoms with Crippen LogP contribution in [0.5, 0.6) is 11.5 Å². The third-order valence-electron chi connectivity index (χ3n) is 2.67. The third kappa shape index (κ3) is 4.69. The van der Waals surface area contributed by atoms with Crippen molar-refractivity contribution in [2.45, 2.75) is 26.4 Å². The number of rotatable bonds is 5. The van der Waals surface area contributed by atoms with Crippen LogP contribution in [-0.4, -0.2) is 6.04 Å². The summed E-state index contributed by atoms with van der Waals surface area (Å²) in [6.07, 6.45) is 0. The van der Waals surface area contributed by atoms with Crippen LogP contribution in [0, 0.1) is 0 Å². The maximum atomic E-state index is 5.79. The molecule has 2 rings (SSSR count). The van der Waals surface area contributed by atoms with Crippen LogP contribution in [-0.2, 0) is 6.54 Å². The van der Waals surface area contributed by atoms with Crippen molar-refractivity contribution in [3.63, 3.8) is 0 Å². The molecule has 0 fully saturated rings. The molecule has 2 aromatic rings. The molecular weight excluding hydrogens is 302 g/mol. The average molecular weight is 320 g/mol. The van der Waals surface area contributed by atoms with E-state index in [9.17, 15) is 0 Å². The van der Waals surface area contributed by atoms with Crippen molar-refractivity contribution in [3.05, 3.63) is 58.6 Å². The Balaban J connectivity index is 1.98. The Morgan fingerprint density at radius 3 is 2.42 bits per heavy atom. The predicted octanol–water partition coefficient (Wildman–Crippen LogP) is 4.74. The summed E-state index contributed by atoms with van der Waals surface area (Å²) in [6, 6.07) is 16.5. The lowest BCUT2D eigenvalue weighted by molar-refractivity contribution is 0.482. The normalized spacial score (nSPS) is 10.7. The van der Waals surface area contributed by atoms with Gasteiger partial charge in [0.15, 0.2) is 0 Å². The van der Waals surface area contributed by atoms with Gasteiger partial charge in [0.05, 0.1) is 0 Å². The van der Waals surface area contributed by atoms with Crippen LogP contribution in [0.4, 0.5) is 0 Å². The number of hydrogen-bond acceptors (Lipinski definition) is 2. The second-order valence-corrected chi connectivity index (χ2v) is 5.65. The van der Waals surface area contributed by atoms with E-state index in [0.717, 1.165) is 22.5 Å². The Labute approximate surface area is 122 Å². The first kappa shape index (κ1) is 14.1. The summed E-state index contributed by atoms with van der Waals surface area (Å²) in [6.45, 7) is 5.17. The Morgan fingerprint density at radius 2 is 1.79 bits per heavy atom. The topological polar surface area (TPSA) is 21.3 Å². The molecule has 0 radical (unpaired) electrons. The Morgan fingerprint density at radius 1 is 1.05 bits per heavy atom. The molecule has 0 spiro atoms. The van der Waals surface area contributed by atoms with Crippen molar-refractivity contribution in [2.24, 2.45) is 0 Å². The molecular formula is C16H18BrNO. The minimum absolute atomic E-state index is 0.498. The summed E-state index contributed by atoms with van der Waals surface area (Å²) < 4.78 is 6.81. The van der Waals surface area contributed by atoms with Gasteiger partial charge in [0.1, 0.15) is 11.5 Å². The Kier molecular flexibility index (Phi) is 5.00. The van der Waals surface area contributed by atoms with Gasteiger partial charge in [0.2, 0.25) is 0 Å². The highest BCUT2D eigenvalue weighted by Gasteiger charge is 1.99. The standard InChI is InChI=1S/C16H18BrNO/c1-12(2)18-11-13-6-8-15(9-7-13)19-16-5-3-4-14(17)10-16/h3-10,12,18H,11H2,1-2H3. The average Bonchev–Trinajstić information content (AvgIpc) is 2.38. The fourth-order valence-electron chi connectivity index (χ4n) is 1.66. The Bertz CT molecular complexity index is 523. The SMILES string of the molecule is CC(C)NCc1ccc(Oc2cccc(Br)c2)cc1. The van der Waals surface area contributed by atoms with E-state index in [0.29, 0.717) is 6.04 Å². The fraction of sp³-hybridized carbons (Fsp3) is 0.250. The van der Waals surface area contributed by atoms with Crippen LogP contribution in [0.25, 0.3) is 0 Å². The van der Waals surface area contributed by atoms with Crippen molar-refractivity contribution in [1.29, 1.82) is 0 Å². The van der Waals surface area contributed by atoms with Gasteiger partial charge in [-0.25, -0.2) is 0 Å². The zero-order valence-corrected chi connectivity index (χ0v) is 12.8. The zero-order valence-electron chi connectivity index (χ0n) is 11.2. The lowest BCUT2D eigenvalue weighted by atomic mass is 10.2. The first-order chi connectivity index (χ1) is 9.13. The van der Waals surface area contributed by atoms with Crippen LogP contribution >= 0.6 is 15.9 Å². The van der Waals surface area contributed by atoms with Gasteiger partial charge in [-0.1, -0.05) is 48.0 Å². The van der Waals surface area contributed by atoms with Crippen LogP contribution in [0.15, 0.2) is 53.0 Å². The highest BCUT2D eigenvalue weighted by molar-refractivity contribution is 9.10. The molecule has 0 heterocycles. The van der Waals surface area contributed by atoms with Crippen molar-refractivity contribution >= 4 is 15.9 Å². The molecule has 0 aliphatic rings. The van der Waals surface area contributed by atoms with E-state index in [1.165, 1.54) is 5.56 Å². The third-order valence-corrected chi connectivity index (χ3v) is 3.16. The lowest BCUT2D eigenvalue weighted by Gasteiger charge is -2.09. The van der Waals surface area contributed by atoms with Crippen LogP contribution in [0.2, 0.25) is 0 Å². The van der Waals surface area contributed by atoms with E-state index in [-0.39, 0.29) is 0 Å². The molecule has 19 heavy (non-hydrogen) atoms. The first-order valence-electron chi connectivity index (χ1n) is 6.39. The molecule has 100 valence electrons. The van der Waals surface area contributed by atoms with E-state index in [4.69, 9.17) is 4.74 Å². The van der Waals surface area contributed by atoms with Gasteiger partial charge in [-0.3, -0.25) is 0 Å². The number of ether oxygens (including phenoxy) is 1. The number of nitrogens with one attached hydrogen (secondary N) is 1. The molecule has 3 heteroatoms. The van der Waals surface area contributed by atoms with Crippen molar-refractivity contribution in [1.82, 2.24) is 5.32 Å². The molecule has 0 aliphatic heterocycles. The molecule has 0 bridgehead atoms. The second-order valence-electron chi connectivity index (χ2n) is 4.74. The molecule has 0 amide bonds. The van der Waals surface area contributed by atoms with Gasteiger partial charge in [-0.2, -0.15) is 0 Å². The molecule has 0 saturated carbocycles. The van der Waals surface area contributed by atoms with Crippen molar-refractivity contribution in [3.8, 4) is 11.5 Å². The highest BCUT2D eigenvalue weighted by Crippen LogP contribution is 2.24. The van der Waals surface area contributed by atoms with E-state index in [1.807, 2.05) is 36.4 Å². The second kappa shape index (κ2) is 6.73. The Hall–Kier alpha value is -1.32. The summed E-state index contributed by atoms with van der Waals surface area (Å²) >= 11 is 3.43. The minimum atomic E-state index is 0.498. The van der Waals surface area contributed by atoms with Gasteiger partial charge in [0.25, 0.3) is 0 Å². The summed E-state index contributed by atoms with van der Waals surface area (Å²) in [5, 5.41) is 3.39. The van der Waals surface area contributed by atoms with Gasteiger partial charge in [-0.05, 0) is 35.9 Å². The largest absolute Gasteiger partial charge is 0.457 e. The molecule has 0 saturated heterocycles. The first-order valence-corrected chi connectivity index (χ1v) is 7.18. The summed E-state index contributed by atoms with van der Waals surface area (Å²) in [4.78, 5) is 0. The smallest absolute Gasteiger partial charge is 0.128 e. The lowest BCUT2D eigenvalue weighted by Crippen LogP contribution is -2.21. The van der Waals surface area contributed by atoms with Crippen LogP contribution < -0.4 is 10.1 Å².